The molecule has 0 bridgehead atoms. The van der Waals surface area contributed by atoms with Crippen LogP contribution in [0, 0.1) is 13.8 Å². The van der Waals surface area contributed by atoms with E-state index in [-0.39, 0.29) is 17.0 Å². The topological polar surface area (TPSA) is 49.4 Å². The van der Waals surface area contributed by atoms with Gasteiger partial charge in [0.25, 0.3) is 0 Å². The molecule has 0 radical (unpaired) electrons. The van der Waals surface area contributed by atoms with Crippen LogP contribution in [0.1, 0.15) is 43.7 Å². The Morgan fingerprint density at radius 3 is 2.25 bits per heavy atom. The Morgan fingerprint density at radius 2 is 1.64 bits per heavy atom. The van der Waals surface area contributed by atoms with Crippen molar-refractivity contribution in [3.05, 3.63) is 58.6 Å². The molecule has 0 amide bonds. The van der Waals surface area contributed by atoms with Gasteiger partial charge in [-0.3, -0.25) is 0 Å². The standard InChI is InChI=1S/C22H29ClN2O2S/c1-4-25(22-16(2)8-7-9-17(22)3)21-11-6-5-10-20(21)24-28(26,27)19-14-12-18(23)13-15-19/h7-9,12-15,20-21,24H,4-6,10-11H2,1-3H3. The summed E-state index contributed by atoms with van der Waals surface area (Å²) in [6.07, 6.45) is 3.98. The van der Waals surface area contributed by atoms with E-state index in [0.717, 1.165) is 32.2 Å². The third-order valence-corrected chi connectivity index (χ3v) is 7.39. The number of halogens is 1. The average molecular weight is 421 g/mol. The lowest BCUT2D eigenvalue weighted by molar-refractivity contribution is 0.344. The van der Waals surface area contributed by atoms with E-state index in [1.54, 1.807) is 24.3 Å². The van der Waals surface area contributed by atoms with Crippen LogP contribution in [0.5, 0.6) is 0 Å². The van der Waals surface area contributed by atoms with Gasteiger partial charge >= 0.3 is 0 Å². The predicted molar refractivity (Wildman–Crippen MR) is 117 cm³/mol. The van der Waals surface area contributed by atoms with Crippen LogP contribution in [0.25, 0.3) is 0 Å². The second kappa shape index (κ2) is 8.85. The van der Waals surface area contributed by atoms with Crippen molar-refractivity contribution in [2.24, 2.45) is 0 Å². The molecule has 1 aliphatic rings. The summed E-state index contributed by atoms with van der Waals surface area (Å²) in [4.78, 5) is 2.65. The molecule has 0 aliphatic heterocycles. The lowest BCUT2D eigenvalue weighted by Gasteiger charge is -2.42. The highest BCUT2D eigenvalue weighted by Crippen LogP contribution is 2.32. The van der Waals surface area contributed by atoms with Crippen molar-refractivity contribution in [3.63, 3.8) is 0 Å². The molecule has 0 saturated heterocycles. The lowest BCUT2D eigenvalue weighted by atomic mass is 9.88. The SMILES string of the molecule is CCN(c1c(C)cccc1C)C1CCCCC1NS(=O)(=O)c1ccc(Cl)cc1. The van der Waals surface area contributed by atoms with E-state index in [1.807, 2.05) is 0 Å². The number of aryl methyl sites for hydroxylation is 2. The van der Waals surface area contributed by atoms with E-state index in [0.29, 0.717) is 5.02 Å². The highest BCUT2D eigenvalue weighted by atomic mass is 35.5. The van der Waals surface area contributed by atoms with Gasteiger partial charge < -0.3 is 4.90 Å². The van der Waals surface area contributed by atoms with Crippen LogP contribution in [-0.4, -0.2) is 27.0 Å². The van der Waals surface area contributed by atoms with Crippen LogP contribution in [0.4, 0.5) is 5.69 Å². The lowest BCUT2D eigenvalue weighted by Crippen LogP contribution is -2.53. The van der Waals surface area contributed by atoms with Crippen LogP contribution in [0.2, 0.25) is 5.02 Å². The van der Waals surface area contributed by atoms with E-state index >= 15 is 0 Å². The molecular weight excluding hydrogens is 392 g/mol. The molecule has 2 atom stereocenters. The van der Waals surface area contributed by atoms with Gasteiger partial charge in [-0.25, -0.2) is 13.1 Å². The van der Waals surface area contributed by atoms with E-state index in [4.69, 9.17) is 11.6 Å². The largest absolute Gasteiger partial charge is 0.367 e. The molecule has 1 saturated carbocycles. The molecule has 0 heterocycles. The Kier molecular flexibility index (Phi) is 6.69. The Morgan fingerprint density at radius 1 is 1.04 bits per heavy atom. The number of anilines is 1. The molecule has 1 fully saturated rings. The summed E-state index contributed by atoms with van der Waals surface area (Å²) < 4.78 is 28.9. The Balaban J connectivity index is 1.90. The van der Waals surface area contributed by atoms with E-state index in [2.05, 4.69) is 48.6 Å². The zero-order valence-corrected chi connectivity index (χ0v) is 18.4. The van der Waals surface area contributed by atoms with Gasteiger partial charge in [0.1, 0.15) is 0 Å². The van der Waals surface area contributed by atoms with Crippen molar-refractivity contribution in [1.29, 1.82) is 0 Å². The van der Waals surface area contributed by atoms with Gasteiger partial charge in [-0.15, -0.1) is 0 Å². The fourth-order valence-electron chi connectivity index (χ4n) is 4.32. The number of hydrogen-bond acceptors (Lipinski definition) is 3. The van der Waals surface area contributed by atoms with Gasteiger partial charge in [-0.05, 0) is 69.0 Å². The Labute approximate surface area is 174 Å². The van der Waals surface area contributed by atoms with Gasteiger partial charge in [-0.2, -0.15) is 0 Å². The zero-order chi connectivity index (χ0) is 20.3. The molecule has 2 aromatic carbocycles. The number of para-hydroxylation sites is 1. The molecule has 3 rings (SSSR count). The molecule has 0 spiro atoms. The minimum Gasteiger partial charge on any atom is -0.367 e. The number of sulfonamides is 1. The monoisotopic (exact) mass is 420 g/mol. The first kappa shape index (κ1) is 21.2. The van der Waals surface area contributed by atoms with Crippen LogP contribution < -0.4 is 9.62 Å². The Bertz CT molecular complexity index is 892. The number of nitrogens with one attached hydrogen (secondary N) is 1. The third kappa shape index (κ3) is 4.53. The third-order valence-electron chi connectivity index (χ3n) is 5.63. The zero-order valence-electron chi connectivity index (χ0n) is 16.8. The molecule has 1 N–H and O–H groups in total. The van der Waals surface area contributed by atoms with Crippen LogP contribution in [-0.2, 0) is 10.0 Å². The van der Waals surface area contributed by atoms with Crippen LogP contribution in [0.3, 0.4) is 0 Å². The molecule has 152 valence electrons. The summed E-state index contributed by atoms with van der Waals surface area (Å²) in [5.74, 6) is 0. The average Bonchev–Trinajstić information content (AvgIpc) is 2.66. The first-order chi connectivity index (χ1) is 13.3. The highest BCUT2D eigenvalue weighted by molar-refractivity contribution is 7.89. The number of likely N-dealkylation sites (N-methyl/N-ethyl adjacent to an activating group) is 1. The van der Waals surface area contributed by atoms with Crippen LogP contribution >= 0.6 is 11.6 Å². The summed E-state index contributed by atoms with van der Waals surface area (Å²) >= 11 is 5.91. The molecule has 6 heteroatoms. The molecule has 2 aromatic rings. The molecule has 28 heavy (non-hydrogen) atoms. The molecule has 4 nitrogen and oxygen atoms in total. The first-order valence-electron chi connectivity index (χ1n) is 9.94. The summed E-state index contributed by atoms with van der Waals surface area (Å²) in [6, 6.07) is 12.7. The maximum atomic E-state index is 13.0. The Hall–Kier alpha value is -1.56. The smallest absolute Gasteiger partial charge is 0.240 e. The number of benzene rings is 2. The number of hydrogen-bond donors (Lipinski definition) is 1. The van der Waals surface area contributed by atoms with Gasteiger partial charge in [0.05, 0.1) is 4.90 Å². The van der Waals surface area contributed by atoms with E-state index in [1.165, 1.54) is 16.8 Å². The quantitative estimate of drug-likeness (QED) is 0.709. The van der Waals surface area contributed by atoms with Crippen molar-refractivity contribution in [1.82, 2.24) is 4.72 Å². The minimum absolute atomic E-state index is 0.117. The molecule has 2 unspecified atom stereocenters. The second-order valence-corrected chi connectivity index (χ2v) is 9.71. The number of rotatable bonds is 6. The van der Waals surface area contributed by atoms with E-state index in [9.17, 15) is 8.42 Å². The van der Waals surface area contributed by atoms with Crippen molar-refractivity contribution in [2.45, 2.75) is 63.4 Å². The minimum atomic E-state index is -3.59. The van der Waals surface area contributed by atoms with Gasteiger partial charge in [-0.1, -0.05) is 42.6 Å². The van der Waals surface area contributed by atoms with Gasteiger partial charge in [0.15, 0.2) is 0 Å². The fraction of sp³-hybridized carbons (Fsp3) is 0.455. The summed E-state index contributed by atoms with van der Waals surface area (Å²) in [5.41, 5.74) is 3.69. The summed E-state index contributed by atoms with van der Waals surface area (Å²) in [6.45, 7) is 7.24. The predicted octanol–water partition coefficient (Wildman–Crippen LogP) is 5.07. The second-order valence-electron chi connectivity index (χ2n) is 7.56. The van der Waals surface area contributed by atoms with Gasteiger partial charge in [0, 0.05) is 29.3 Å². The normalized spacial score (nSPS) is 20.1. The van der Waals surface area contributed by atoms with Crippen LogP contribution in [0.15, 0.2) is 47.4 Å². The van der Waals surface area contributed by atoms with E-state index < -0.39 is 10.0 Å². The summed E-state index contributed by atoms with van der Waals surface area (Å²) in [5, 5.41) is 0.529. The number of nitrogens with zero attached hydrogens (tertiary/aromatic N) is 1. The molecule has 1 aliphatic carbocycles. The first-order valence-corrected chi connectivity index (χ1v) is 11.8. The molecular formula is C22H29ClN2O2S. The van der Waals surface area contributed by atoms with Crippen molar-refractivity contribution >= 4 is 27.3 Å². The van der Waals surface area contributed by atoms with Crippen molar-refractivity contribution < 1.29 is 8.42 Å². The van der Waals surface area contributed by atoms with Crippen molar-refractivity contribution in [3.8, 4) is 0 Å². The summed E-state index contributed by atoms with van der Waals surface area (Å²) in [7, 11) is -3.59. The molecule has 0 aromatic heterocycles. The highest BCUT2D eigenvalue weighted by Gasteiger charge is 2.34. The fourth-order valence-corrected chi connectivity index (χ4v) is 5.75. The maximum Gasteiger partial charge on any atom is 0.240 e. The van der Waals surface area contributed by atoms with Crippen molar-refractivity contribution in [2.75, 3.05) is 11.4 Å². The maximum absolute atomic E-state index is 13.0. The van der Waals surface area contributed by atoms with Gasteiger partial charge in [0.2, 0.25) is 10.0 Å².